The minimum atomic E-state index is -0.577. The molecule has 0 saturated carbocycles. The first-order valence-electron chi connectivity index (χ1n) is 11.3. The Morgan fingerprint density at radius 2 is 1.68 bits per heavy atom. The highest BCUT2D eigenvalue weighted by Gasteiger charge is 2.17. The van der Waals surface area contributed by atoms with Crippen molar-refractivity contribution in [2.24, 2.45) is 0 Å². The third-order valence-corrected chi connectivity index (χ3v) is 5.40. The van der Waals surface area contributed by atoms with E-state index in [9.17, 15) is 14.9 Å². The summed E-state index contributed by atoms with van der Waals surface area (Å²) in [6.07, 6.45) is 0. The zero-order valence-electron chi connectivity index (χ0n) is 20.0. The van der Waals surface area contributed by atoms with Gasteiger partial charge >= 0.3 is 0 Å². The fraction of sp³-hybridized carbons (Fsp3) is 0.148. The summed E-state index contributed by atoms with van der Waals surface area (Å²) in [5.74, 6) is 2.41. The molecule has 1 aliphatic rings. The molecule has 0 aliphatic carbocycles. The van der Waals surface area contributed by atoms with Gasteiger partial charge in [0.2, 0.25) is 6.79 Å². The number of nitro groups is 1. The van der Waals surface area contributed by atoms with Crippen molar-refractivity contribution < 1.29 is 33.1 Å². The van der Waals surface area contributed by atoms with Gasteiger partial charge in [0.1, 0.15) is 29.6 Å². The number of nitrogens with zero attached hydrogens (tertiary/aromatic N) is 1. The summed E-state index contributed by atoms with van der Waals surface area (Å²) in [6.45, 7) is 4.10. The highest BCUT2D eigenvalue weighted by atomic mass is 16.7. The first-order chi connectivity index (χ1) is 17.8. The second-order valence-corrected chi connectivity index (χ2v) is 8.42. The average molecular weight is 502 g/mol. The number of ether oxygens (including phenoxy) is 4. The monoisotopic (exact) mass is 502 g/mol. The number of hydrogen-bond donors (Lipinski definition) is 1. The molecule has 2 heterocycles. The smallest absolute Gasteiger partial charge is 0.291 e. The maximum Gasteiger partial charge on any atom is 0.291 e. The molecule has 10 heteroatoms. The number of non-ortho nitro benzene ring substituents is 1. The van der Waals surface area contributed by atoms with Gasteiger partial charge in [0.15, 0.2) is 17.3 Å². The summed E-state index contributed by atoms with van der Waals surface area (Å²) in [6, 6.07) is 18.0. The van der Waals surface area contributed by atoms with Crippen LogP contribution in [0.4, 0.5) is 11.4 Å². The molecule has 0 saturated heterocycles. The number of carbonyl (C=O) groups excluding carboxylic acids is 1. The molecule has 0 atom stereocenters. The maximum atomic E-state index is 12.8. The van der Waals surface area contributed by atoms with Gasteiger partial charge in [-0.3, -0.25) is 14.9 Å². The van der Waals surface area contributed by atoms with Gasteiger partial charge in [0, 0.05) is 18.2 Å². The number of nitro benzene ring substituents is 1. The number of amides is 1. The SMILES string of the molecule is Cc1cc(C)cc(Oc2cc(NC(=O)c3ccc(COc4ccc5c(c4)OCO5)o3)cc([N+](=O)[O-])c2)c1. The van der Waals surface area contributed by atoms with Crippen LogP contribution in [-0.4, -0.2) is 17.6 Å². The molecule has 1 amide bonds. The molecule has 5 rings (SSSR count). The Morgan fingerprint density at radius 3 is 2.46 bits per heavy atom. The number of hydrogen-bond acceptors (Lipinski definition) is 8. The summed E-state index contributed by atoms with van der Waals surface area (Å²) >= 11 is 0. The molecular formula is C27H22N2O8. The van der Waals surface area contributed by atoms with E-state index in [4.69, 9.17) is 23.4 Å². The molecule has 4 aromatic rings. The van der Waals surface area contributed by atoms with E-state index in [1.807, 2.05) is 32.0 Å². The van der Waals surface area contributed by atoms with E-state index >= 15 is 0 Å². The van der Waals surface area contributed by atoms with Crippen molar-refractivity contribution in [2.45, 2.75) is 20.5 Å². The maximum absolute atomic E-state index is 12.8. The fourth-order valence-electron chi connectivity index (χ4n) is 3.84. The van der Waals surface area contributed by atoms with Crippen LogP contribution in [0.5, 0.6) is 28.7 Å². The second kappa shape index (κ2) is 9.94. The van der Waals surface area contributed by atoms with Gasteiger partial charge in [-0.25, -0.2) is 0 Å². The molecule has 0 unspecified atom stereocenters. The van der Waals surface area contributed by atoms with Crippen LogP contribution in [0.3, 0.4) is 0 Å². The Kier molecular flexibility index (Phi) is 6.38. The van der Waals surface area contributed by atoms with Gasteiger partial charge in [-0.2, -0.15) is 0 Å². The zero-order valence-corrected chi connectivity index (χ0v) is 20.0. The van der Waals surface area contributed by atoms with Crippen LogP contribution < -0.4 is 24.3 Å². The van der Waals surface area contributed by atoms with Gasteiger partial charge in [-0.05, 0) is 61.4 Å². The highest BCUT2D eigenvalue weighted by Crippen LogP contribution is 2.35. The summed E-state index contributed by atoms with van der Waals surface area (Å²) in [5.41, 5.74) is 1.94. The van der Waals surface area contributed by atoms with Gasteiger partial charge < -0.3 is 28.7 Å². The lowest BCUT2D eigenvalue weighted by Gasteiger charge is -2.10. The van der Waals surface area contributed by atoms with Crippen molar-refractivity contribution in [1.29, 1.82) is 0 Å². The van der Waals surface area contributed by atoms with Crippen molar-refractivity contribution in [3.8, 4) is 28.7 Å². The standard InChI is InChI=1S/C27H22N2O8/c1-16-7-17(2)9-22(8-16)36-23-11-18(10-19(12-23)29(31)32)28-27(30)25-6-4-21(37-25)14-33-20-3-5-24-26(13-20)35-15-34-24/h3-13H,14-15H2,1-2H3,(H,28,30). The zero-order chi connectivity index (χ0) is 25.9. The first-order valence-corrected chi connectivity index (χ1v) is 11.3. The summed E-state index contributed by atoms with van der Waals surface area (Å²) in [4.78, 5) is 23.7. The summed E-state index contributed by atoms with van der Waals surface area (Å²) < 4.78 is 27.8. The average Bonchev–Trinajstić information content (AvgIpc) is 3.51. The summed E-state index contributed by atoms with van der Waals surface area (Å²) in [5, 5.41) is 14.1. The molecule has 0 bridgehead atoms. The van der Waals surface area contributed by atoms with E-state index in [0.29, 0.717) is 28.8 Å². The predicted octanol–water partition coefficient (Wildman–Crippen LogP) is 6.16. The lowest BCUT2D eigenvalue weighted by molar-refractivity contribution is -0.384. The molecule has 1 N–H and O–H groups in total. The quantitative estimate of drug-likeness (QED) is 0.225. The Morgan fingerprint density at radius 1 is 0.919 bits per heavy atom. The van der Waals surface area contributed by atoms with Crippen molar-refractivity contribution in [1.82, 2.24) is 0 Å². The Labute approximate surface area is 211 Å². The van der Waals surface area contributed by atoms with Crippen molar-refractivity contribution >= 4 is 17.3 Å². The Hall–Kier alpha value is -4.99. The number of fused-ring (bicyclic) bond motifs is 1. The van der Waals surface area contributed by atoms with Crippen molar-refractivity contribution in [3.05, 3.63) is 99.5 Å². The van der Waals surface area contributed by atoms with Crippen LogP contribution in [0.1, 0.15) is 27.4 Å². The molecule has 1 aromatic heterocycles. The molecule has 0 spiro atoms. The van der Waals surface area contributed by atoms with Crippen molar-refractivity contribution in [2.75, 3.05) is 12.1 Å². The van der Waals surface area contributed by atoms with E-state index in [1.165, 1.54) is 24.3 Å². The van der Waals surface area contributed by atoms with Crippen LogP contribution in [0.2, 0.25) is 0 Å². The fourth-order valence-corrected chi connectivity index (χ4v) is 3.84. The molecule has 10 nitrogen and oxygen atoms in total. The molecule has 3 aromatic carbocycles. The van der Waals surface area contributed by atoms with E-state index in [1.54, 1.807) is 24.3 Å². The molecule has 1 aliphatic heterocycles. The number of aryl methyl sites for hydroxylation is 2. The normalized spacial score (nSPS) is 11.7. The third-order valence-electron chi connectivity index (χ3n) is 5.40. The van der Waals surface area contributed by atoms with Crippen LogP contribution in [0, 0.1) is 24.0 Å². The highest BCUT2D eigenvalue weighted by molar-refractivity contribution is 6.02. The minimum Gasteiger partial charge on any atom is -0.486 e. The number of benzene rings is 3. The number of rotatable bonds is 8. The first kappa shape index (κ1) is 23.7. The topological polar surface area (TPSA) is 122 Å². The number of furan rings is 1. The largest absolute Gasteiger partial charge is 0.486 e. The minimum absolute atomic E-state index is 0.0209. The van der Waals surface area contributed by atoms with E-state index in [0.717, 1.165) is 11.1 Å². The lowest BCUT2D eigenvalue weighted by Crippen LogP contribution is -2.11. The van der Waals surface area contributed by atoms with E-state index in [2.05, 4.69) is 5.32 Å². The van der Waals surface area contributed by atoms with Gasteiger partial charge in [-0.15, -0.1) is 0 Å². The number of carbonyl (C=O) groups is 1. The van der Waals surface area contributed by atoms with Crippen LogP contribution in [0.15, 0.2) is 71.1 Å². The second-order valence-electron chi connectivity index (χ2n) is 8.42. The van der Waals surface area contributed by atoms with Gasteiger partial charge in [0.25, 0.3) is 11.6 Å². The van der Waals surface area contributed by atoms with E-state index < -0.39 is 10.8 Å². The molecule has 0 radical (unpaired) electrons. The summed E-state index contributed by atoms with van der Waals surface area (Å²) in [7, 11) is 0. The predicted molar refractivity (Wildman–Crippen MR) is 133 cm³/mol. The van der Waals surface area contributed by atoms with Crippen LogP contribution in [0.25, 0.3) is 0 Å². The van der Waals surface area contributed by atoms with E-state index in [-0.39, 0.29) is 36.3 Å². The Balaban J connectivity index is 1.27. The lowest BCUT2D eigenvalue weighted by atomic mass is 10.1. The van der Waals surface area contributed by atoms with Crippen LogP contribution >= 0.6 is 0 Å². The molecular weight excluding hydrogens is 480 g/mol. The van der Waals surface area contributed by atoms with Gasteiger partial charge in [-0.1, -0.05) is 6.07 Å². The molecule has 37 heavy (non-hydrogen) atoms. The van der Waals surface area contributed by atoms with Crippen molar-refractivity contribution in [3.63, 3.8) is 0 Å². The third kappa shape index (κ3) is 5.64. The van der Waals surface area contributed by atoms with Gasteiger partial charge in [0.05, 0.1) is 16.7 Å². The molecule has 188 valence electrons. The Bertz CT molecular complexity index is 1470. The van der Waals surface area contributed by atoms with Crippen LogP contribution in [-0.2, 0) is 6.61 Å². The number of nitrogens with one attached hydrogen (secondary N) is 1. The molecule has 0 fully saturated rings. The number of anilines is 1.